The molecule has 3 aromatic rings. The maximum atomic E-state index is 12.7. The quantitative estimate of drug-likeness (QED) is 0.644. The van der Waals surface area contributed by atoms with Crippen LogP contribution in [-0.2, 0) is 17.6 Å². The van der Waals surface area contributed by atoms with Crippen LogP contribution in [0.5, 0.6) is 0 Å². The van der Waals surface area contributed by atoms with Gasteiger partial charge in [0.1, 0.15) is 0 Å². The number of benzene rings is 1. The molecular formula is C19H19N3O3S. The molecule has 6 nitrogen and oxygen atoms in total. The van der Waals surface area contributed by atoms with Crippen LogP contribution < -0.4 is 5.32 Å². The third-order valence-corrected chi connectivity index (χ3v) is 5.75. The number of para-hydroxylation sites is 1. The summed E-state index contributed by atoms with van der Waals surface area (Å²) in [6.07, 6.45) is 3.38. The first-order valence-corrected chi connectivity index (χ1v) is 9.56. The number of carboxylic acid groups (broad SMARTS) is 1. The van der Waals surface area contributed by atoms with Crippen molar-refractivity contribution >= 4 is 34.1 Å². The van der Waals surface area contributed by atoms with E-state index in [2.05, 4.69) is 21.4 Å². The van der Waals surface area contributed by atoms with Gasteiger partial charge in [-0.1, -0.05) is 18.2 Å². The van der Waals surface area contributed by atoms with Crippen molar-refractivity contribution < 1.29 is 14.7 Å². The molecule has 134 valence electrons. The van der Waals surface area contributed by atoms with E-state index in [1.807, 2.05) is 18.2 Å². The molecule has 7 heteroatoms. The number of aryl methyl sites for hydroxylation is 1. The monoisotopic (exact) mass is 369 g/mol. The van der Waals surface area contributed by atoms with Crippen molar-refractivity contribution in [3.8, 4) is 0 Å². The van der Waals surface area contributed by atoms with E-state index in [1.165, 1.54) is 27.7 Å². The highest BCUT2D eigenvalue weighted by Gasteiger charge is 2.29. The first kappa shape index (κ1) is 16.8. The molecule has 0 spiro atoms. The Morgan fingerprint density at radius 3 is 3.00 bits per heavy atom. The van der Waals surface area contributed by atoms with Gasteiger partial charge in [-0.25, -0.2) is 9.78 Å². The van der Waals surface area contributed by atoms with E-state index in [4.69, 9.17) is 5.11 Å². The van der Waals surface area contributed by atoms with Crippen LogP contribution in [0.25, 0.3) is 10.9 Å². The van der Waals surface area contributed by atoms with Crippen molar-refractivity contribution in [2.45, 2.75) is 31.6 Å². The van der Waals surface area contributed by atoms with E-state index in [0.29, 0.717) is 13.0 Å². The standard InChI is InChI=1S/C19H19N3O3S/c23-18(20-9-8-16-21-15(10-26-16)19(24)25)13-6-3-5-12-11-4-1-2-7-14(11)22-17(12)13/h1-2,4,7,10,13,22H,3,5-6,8-9H2,(H,20,23)(H,24,25)/t13-/m1/s1. The lowest BCUT2D eigenvalue weighted by Gasteiger charge is -2.22. The van der Waals surface area contributed by atoms with Crippen LogP contribution in [0.4, 0.5) is 0 Å². The van der Waals surface area contributed by atoms with Gasteiger partial charge in [0.2, 0.25) is 5.91 Å². The smallest absolute Gasteiger partial charge is 0.355 e. The Morgan fingerprint density at radius 2 is 2.19 bits per heavy atom. The van der Waals surface area contributed by atoms with Crippen molar-refractivity contribution in [1.82, 2.24) is 15.3 Å². The average molecular weight is 369 g/mol. The largest absolute Gasteiger partial charge is 0.476 e. The third-order valence-electron chi connectivity index (χ3n) is 4.84. The molecule has 2 aromatic heterocycles. The molecule has 1 aromatic carbocycles. The zero-order valence-corrected chi connectivity index (χ0v) is 14.9. The van der Waals surface area contributed by atoms with E-state index in [-0.39, 0.29) is 17.5 Å². The summed E-state index contributed by atoms with van der Waals surface area (Å²) < 4.78 is 0. The molecule has 0 saturated heterocycles. The van der Waals surface area contributed by atoms with Gasteiger partial charge in [-0.2, -0.15) is 0 Å². The molecular weight excluding hydrogens is 350 g/mol. The number of nitrogens with zero attached hydrogens (tertiary/aromatic N) is 1. The number of hydrogen-bond donors (Lipinski definition) is 3. The summed E-state index contributed by atoms with van der Waals surface area (Å²) >= 11 is 1.31. The third kappa shape index (κ3) is 3.10. The summed E-state index contributed by atoms with van der Waals surface area (Å²) in [6.45, 7) is 0.456. The minimum atomic E-state index is -1.02. The number of aromatic nitrogens is 2. The van der Waals surface area contributed by atoms with Crippen LogP contribution in [0.2, 0.25) is 0 Å². The van der Waals surface area contributed by atoms with Crippen LogP contribution in [0, 0.1) is 0 Å². The minimum absolute atomic E-state index is 0.0209. The summed E-state index contributed by atoms with van der Waals surface area (Å²) in [7, 11) is 0. The molecule has 0 fully saturated rings. The van der Waals surface area contributed by atoms with Gasteiger partial charge in [-0.05, 0) is 30.9 Å². The molecule has 0 radical (unpaired) electrons. The highest BCUT2D eigenvalue weighted by molar-refractivity contribution is 7.09. The van der Waals surface area contributed by atoms with Gasteiger partial charge in [-0.15, -0.1) is 11.3 Å². The van der Waals surface area contributed by atoms with Gasteiger partial charge in [0.05, 0.1) is 10.9 Å². The maximum absolute atomic E-state index is 12.7. The summed E-state index contributed by atoms with van der Waals surface area (Å²) in [4.78, 5) is 31.0. The maximum Gasteiger partial charge on any atom is 0.355 e. The molecule has 1 aliphatic carbocycles. The number of H-pyrrole nitrogens is 1. The number of aromatic carboxylic acids is 1. The molecule has 0 bridgehead atoms. The second kappa shape index (κ2) is 6.92. The Labute approximate surface area is 154 Å². The van der Waals surface area contributed by atoms with Crippen LogP contribution in [0.15, 0.2) is 29.6 Å². The fourth-order valence-electron chi connectivity index (χ4n) is 3.62. The number of carboxylic acids is 1. The first-order valence-electron chi connectivity index (χ1n) is 8.68. The van der Waals surface area contributed by atoms with E-state index in [9.17, 15) is 9.59 Å². The van der Waals surface area contributed by atoms with Crippen molar-refractivity contribution in [2.24, 2.45) is 0 Å². The van der Waals surface area contributed by atoms with Gasteiger partial charge < -0.3 is 15.4 Å². The Bertz CT molecular complexity index is 975. The molecule has 1 atom stereocenters. The van der Waals surface area contributed by atoms with Gasteiger partial charge in [0.15, 0.2) is 5.69 Å². The SMILES string of the molecule is O=C(O)c1csc(CCNC(=O)[C@@H]2CCCc3c2[nH]c2ccccc32)n1. The average Bonchev–Trinajstić information content (AvgIpc) is 3.26. The van der Waals surface area contributed by atoms with Crippen molar-refractivity contribution in [2.75, 3.05) is 6.54 Å². The van der Waals surface area contributed by atoms with E-state index < -0.39 is 5.97 Å². The van der Waals surface area contributed by atoms with E-state index >= 15 is 0 Å². The normalized spacial score (nSPS) is 16.4. The lowest BCUT2D eigenvalue weighted by molar-refractivity contribution is -0.122. The lowest BCUT2D eigenvalue weighted by atomic mass is 9.86. The summed E-state index contributed by atoms with van der Waals surface area (Å²) in [5.74, 6) is -1.16. The fraction of sp³-hybridized carbons (Fsp3) is 0.316. The minimum Gasteiger partial charge on any atom is -0.476 e. The molecule has 1 amide bonds. The highest BCUT2D eigenvalue weighted by atomic mass is 32.1. The van der Waals surface area contributed by atoms with E-state index in [0.717, 1.165) is 35.5 Å². The van der Waals surface area contributed by atoms with Crippen molar-refractivity contribution in [3.05, 3.63) is 51.6 Å². The Kier molecular flexibility index (Phi) is 4.46. The predicted molar refractivity (Wildman–Crippen MR) is 99.8 cm³/mol. The number of thiazole rings is 1. The number of hydrogen-bond acceptors (Lipinski definition) is 4. The summed E-state index contributed by atoms with van der Waals surface area (Å²) in [5.41, 5.74) is 3.45. The molecule has 0 saturated carbocycles. The molecule has 3 N–H and O–H groups in total. The zero-order chi connectivity index (χ0) is 18.1. The van der Waals surface area contributed by atoms with Crippen molar-refractivity contribution in [3.63, 3.8) is 0 Å². The van der Waals surface area contributed by atoms with E-state index in [1.54, 1.807) is 0 Å². The number of nitrogens with one attached hydrogen (secondary N) is 2. The summed E-state index contributed by atoms with van der Waals surface area (Å²) in [5, 5.41) is 15.3. The predicted octanol–water partition coefficient (Wildman–Crippen LogP) is 3.10. The van der Waals surface area contributed by atoms with Gasteiger partial charge in [0, 0.05) is 34.9 Å². The number of amides is 1. The second-order valence-electron chi connectivity index (χ2n) is 6.48. The van der Waals surface area contributed by atoms with Crippen molar-refractivity contribution in [1.29, 1.82) is 0 Å². The Balaban J connectivity index is 1.43. The molecule has 1 aliphatic rings. The number of rotatable bonds is 5. The Hall–Kier alpha value is -2.67. The lowest BCUT2D eigenvalue weighted by Crippen LogP contribution is -2.32. The fourth-order valence-corrected chi connectivity index (χ4v) is 4.39. The first-order chi connectivity index (χ1) is 12.6. The second-order valence-corrected chi connectivity index (χ2v) is 7.42. The molecule has 0 unspecified atom stereocenters. The van der Waals surface area contributed by atoms with Crippen LogP contribution in [0.1, 0.15) is 45.5 Å². The number of fused-ring (bicyclic) bond motifs is 3. The van der Waals surface area contributed by atoms with Gasteiger partial charge in [-0.3, -0.25) is 4.79 Å². The van der Waals surface area contributed by atoms with Gasteiger partial charge in [0.25, 0.3) is 0 Å². The van der Waals surface area contributed by atoms with Crippen LogP contribution in [0.3, 0.4) is 0 Å². The van der Waals surface area contributed by atoms with Crippen LogP contribution >= 0.6 is 11.3 Å². The highest BCUT2D eigenvalue weighted by Crippen LogP contribution is 2.36. The molecule has 2 heterocycles. The zero-order valence-electron chi connectivity index (χ0n) is 14.1. The number of carbonyl (C=O) groups is 2. The Morgan fingerprint density at radius 1 is 1.35 bits per heavy atom. The topological polar surface area (TPSA) is 95.1 Å². The number of carbonyl (C=O) groups excluding carboxylic acids is 1. The molecule has 26 heavy (non-hydrogen) atoms. The van der Waals surface area contributed by atoms with Gasteiger partial charge >= 0.3 is 5.97 Å². The van der Waals surface area contributed by atoms with Crippen LogP contribution in [-0.4, -0.2) is 33.5 Å². The summed E-state index contributed by atoms with van der Waals surface area (Å²) in [6, 6.07) is 8.18. The molecule has 0 aliphatic heterocycles. The molecule has 4 rings (SSSR count). The number of aromatic amines is 1.